The molecular weight excluding hydrogens is 362 g/mol. The van der Waals surface area contributed by atoms with Crippen molar-refractivity contribution in [1.82, 2.24) is 15.5 Å². The van der Waals surface area contributed by atoms with E-state index in [9.17, 15) is 9.59 Å². The first-order valence-corrected chi connectivity index (χ1v) is 11.3. The average Bonchev–Trinajstić information content (AvgIpc) is 2.75. The van der Waals surface area contributed by atoms with Gasteiger partial charge >= 0.3 is 0 Å². The summed E-state index contributed by atoms with van der Waals surface area (Å²) in [6.45, 7) is 11.8. The predicted octanol–water partition coefficient (Wildman–Crippen LogP) is 3.87. The molecule has 1 aromatic rings. The van der Waals surface area contributed by atoms with Gasteiger partial charge in [0, 0.05) is 19.0 Å². The summed E-state index contributed by atoms with van der Waals surface area (Å²) in [5.74, 6) is 0.0609. The van der Waals surface area contributed by atoms with E-state index < -0.39 is 6.04 Å². The second kappa shape index (κ2) is 12.0. The van der Waals surface area contributed by atoms with Crippen molar-refractivity contribution in [2.45, 2.75) is 78.9 Å². The summed E-state index contributed by atoms with van der Waals surface area (Å²) in [7, 11) is 0. The Labute approximate surface area is 176 Å². The Morgan fingerprint density at radius 1 is 1.00 bits per heavy atom. The highest BCUT2D eigenvalue weighted by Crippen LogP contribution is 2.24. The van der Waals surface area contributed by atoms with Gasteiger partial charge in [0.25, 0.3) is 0 Å². The fourth-order valence-electron chi connectivity index (χ4n) is 3.94. The third-order valence-corrected chi connectivity index (χ3v) is 6.01. The van der Waals surface area contributed by atoms with Gasteiger partial charge in [-0.3, -0.25) is 14.5 Å². The molecule has 0 heterocycles. The standard InChI is InChI=1S/C24H39N3O2/c1-5-27(6-2)17-20-14-12-19(13-15-20)16-25-24(29)22(18(3)4)26-23(28)21-10-8-7-9-11-21/h12-15,18,21-22H,5-11,16-17H2,1-4H3,(H,25,29)(H,26,28). The van der Waals surface area contributed by atoms with Gasteiger partial charge in [0.15, 0.2) is 0 Å². The van der Waals surface area contributed by atoms with Crippen LogP contribution in [-0.2, 0) is 22.7 Å². The third-order valence-electron chi connectivity index (χ3n) is 6.01. The number of amides is 2. The number of hydrogen-bond acceptors (Lipinski definition) is 3. The van der Waals surface area contributed by atoms with Gasteiger partial charge in [-0.15, -0.1) is 0 Å². The van der Waals surface area contributed by atoms with Crippen molar-refractivity contribution in [2.75, 3.05) is 13.1 Å². The molecule has 162 valence electrons. The molecule has 0 aliphatic heterocycles. The van der Waals surface area contributed by atoms with Crippen LogP contribution >= 0.6 is 0 Å². The molecule has 1 aromatic carbocycles. The molecule has 1 fully saturated rings. The molecule has 1 atom stereocenters. The van der Waals surface area contributed by atoms with Gasteiger partial charge in [-0.05, 0) is 43.0 Å². The number of hydrogen-bond donors (Lipinski definition) is 2. The van der Waals surface area contributed by atoms with Crippen LogP contribution in [0.15, 0.2) is 24.3 Å². The maximum absolute atomic E-state index is 12.7. The number of rotatable bonds is 10. The summed E-state index contributed by atoms with van der Waals surface area (Å²) in [6.07, 6.45) is 5.32. The molecular formula is C24H39N3O2. The summed E-state index contributed by atoms with van der Waals surface area (Å²) >= 11 is 0. The Kier molecular flexibility index (Phi) is 9.65. The summed E-state index contributed by atoms with van der Waals surface area (Å²) in [5.41, 5.74) is 2.35. The number of benzene rings is 1. The minimum atomic E-state index is -0.480. The molecule has 1 aliphatic carbocycles. The highest BCUT2D eigenvalue weighted by atomic mass is 16.2. The van der Waals surface area contributed by atoms with Crippen LogP contribution in [0.25, 0.3) is 0 Å². The first-order chi connectivity index (χ1) is 13.9. The summed E-state index contributed by atoms with van der Waals surface area (Å²) in [6, 6.07) is 7.93. The van der Waals surface area contributed by atoms with E-state index in [-0.39, 0.29) is 23.7 Å². The zero-order valence-electron chi connectivity index (χ0n) is 18.7. The molecule has 2 N–H and O–H groups in total. The van der Waals surface area contributed by atoms with Crippen LogP contribution in [0.5, 0.6) is 0 Å². The maximum atomic E-state index is 12.7. The largest absolute Gasteiger partial charge is 0.350 e. The van der Waals surface area contributed by atoms with Gasteiger partial charge in [-0.2, -0.15) is 0 Å². The average molecular weight is 402 g/mol. The molecule has 0 saturated heterocycles. The highest BCUT2D eigenvalue weighted by molar-refractivity contribution is 5.88. The quantitative estimate of drug-likeness (QED) is 0.626. The van der Waals surface area contributed by atoms with E-state index in [1.54, 1.807) is 0 Å². The first kappa shape index (κ1) is 23.4. The summed E-state index contributed by atoms with van der Waals surface area (Å²) < 4.78 is 0. The van der Waals surface area contributed by atoms with Crippen LogP contribution in [0.2, 0.25) is 0 Å². The molecule has 29 heavy (non-hydrogen) atoms. The minimum absolute atomic E-state index is 0.0410. The Balaban J connectivity index is 1.87. The number of nitrogens with one attached hydrogen (secondary N) is 2. The smallest absolute Gasteiger partial charge is 0.243 e. The second-order valence-corrected chi connectivity index (χ2v) is 8.56. The van der Waals surface area contributed by atoms with Crippen molar-refractivity contribution in [2.24, 2.45) is 11.8 Å². The van der Waals surface area contributed by atoms with Crippen LogP contribution in [-0.4, -0.2) is 35.8 Å². The second-order valence-electron chi connectivity index (χ2n) is 8.56. The van der Waals surface area contributed by atoms with Crippen molar-refractivity contribution in [3.8, 4) is 0 Å². The highest BCUT2D eigenvalue weighted by Gasteiger charge is 2.28. The van der Waals surface area contributed by atoms with E-state index in [1.807, 2.05) is 13.8 Å². The lowest BCUT2D eigenvalue weighted by atomic mass is 9.88. The molecule has 2 amide bonds. The SMILES string of the molecule is CCN(CC)Cc1ccc(CNC(=O)C(NC(=O)C2CCCCC2)C(C)C)cc1. The maximum Gasteiger partial charge on any atom is 0.243 e. The normalized spacial score (nSPS) is 16.1. The Hall–Kier alpha value is -1.88. The molecule has 0 aromatic heterocycles. The lowest BCUT2D eigenvalue weighted by Crippen LogP contribution is -2.51. The Morgan fingerprint density at radius 2 is 1.59 bits per heavy atom. The van der Waals surface area contributed by atoms with E-state index >= 15 is 0 Å². The van der Waals surface area contributed by atoms with E-state index in [2.05, 4.69) is 53.6 Å². The predicted molar refractivity (Wildman–Crippen MR) is 118 cm³/mol. The van der Waals surface area contributed by atoms with Crippen molar-refractivity contribution in [3.63, 3.8) is 0 Å². The van der Waals surface area contributed by atoms with Crippen LogP contribution in [0, 0.1) is 11.8 Å². The fraction of sp³-hybridized carbons (Fsp3) is 0.667. The molecule has 0 radical (unpaired) electrons. The molecule has 1 saturated carbocycles. The van der Waals surface area contributed by atoms with Gasteiger partial charge < -0.3 is 10.6 Å². The molecule has 5 nitrogen and oxygen atoms in total. The van der Waals surface area contributed by atoms with E-state index in [4.69, 9.17) is 0 Å². The van der Waals surface area contributed by atoms with E-state index in [1.165, 1.54) is 12.0 Å². The first-order valence-electron chi connectivity index (χ1n) is 11.3. The monoisotopic (exact) mass is 401 g/mol. The minimum Gasteiger partial charge on any atom is -0.350 e. The molecule has 0 spiro atoms. The van der Waals surface area contributed by atoms with E-state index in [0.717, 1.165) is 50.9 Å². The lowest BCUT2D eigenvalue weighted by Gasteiger charge is -2.26. The van der Waals surface area contributed by atoms with Gasteiger partial charge in [-0.25, -0.2) is 0 Å². The van der Waals surface area contributed by atoms with Gasteiger partial charge in [-0.1, -0.05) is 71.2 Å². The Morgan fingerprint density at radius 3 is 2.14 bits per heavy atom. The lowest BCUT2D eigenvalue weighted by molar-refractivity contribution is -0.132. The topological polar surface area (TPSA) is 61.4 Å². The van der Waals surface area contributed by atoms with Crippen LogP contribution in [0.3, 0.4) is 0 Å². The Bertz CT molecular complexity index is 632. The van der Waals surface area contributed by atoms with Gasteiger partial charge in [0.2, 0.25) is 11.8 Å². The number of nitrogens with zero attached hydrogens (tertiary/aromatic N) is 1. The zero-order chi connectivity index (χ0) is 21.2. The van der Waals surface area contributed by atoms with Crippen molar-refractivity contribution in [3.05, 3.63) is 35.4 Å². The zero-order valence-corrected chi connectivity index (χ0v) is 18.7. The fourth-order valence-corrected chi connectivity index (χ4v) is 3.94. The van der Waals surface area contributed by atoms with Crippen molar-refractivity contribution in [1.29, 1.82) is 0 Å². The third kappa shape index (κ3) is 7.46. The molecule has 5 heteroatoms. The molecule has 1 unspecified atom stereocenters. The van der Waals surface area contributed by atoms with Crippen LogP contribution in [0.4, 0.5) is 0 Å². The van der Waals surface area contributed by atoms with Crippen LogP contribution in [0.1, 0.15) is 70.9 Å². The van der Waals surface area contributed by atoms with Gasteiger partial charge in [0.1, 0.15) is 6.04 Å². The molecule has 2 rings (SSSR count). The van der Waals surface area contributed by atoms with E-state index in [0.29, 0.717) is 6.54 Å². The van der Waals surface area contributed by atoms with Crippen molar-refractivity contribution >= 4 is 11.8 Å². The summed E-state index contributed by atoms with van der Waals surface area (Å²) in [5, 5.41) is 6.02. The molecule has 1 aliphatic rings. The summed E-state index contributed by atoms with van der Waals surface area (Å²) in [4.78, 5) is 27.7. The molecule has 0 bridgehead atoms. The number of carbonyl (C=O) groups excluding carboxylic acids is 2. The van der Waals surface area contributed by atoms with Crippen molar-refractivity contribution < 1.29 is 9.59 Å². The van der Waals surface area contributed by atoms with Gasteiger partial charge in [0.05, 0.1) is 0 Å². The van der Waals surface area contributed by atoms with Crippen LogP contribution < -0.4 is 10.6 Å². The number of carbonyl (C=O) groups is 2.